The second-order valence-electron chi connectivity index (χ2n) is 3.58. The molecule has 0 aliphatic rings. The van der Waals surface area contributed by atoms with Crippen LogP contribution in [0, 0.1) is 0 Å². The Morgan fingerprint density at radius 3 is 2.94 bits per heavy atom. The molecule has 5 heteroatoms. The maximum Gasteiger partial charge on any atom is 0.125 e. The van der Waals surface area contributed by atoms with Gasteiger partial charge in [-0.3, -0.25) is 0 Å². The van der Waals surface area contributed by atoms with Gasteiger partial charge in [-0.2, -0.15) is 0 Å². The highest BCUT2D eigenvalue weighted by molar-refractivity contribution is 5.34. The van der Waals surface area contributed by atoms with Crippen molar-refractivity contribution in [2.24, 2.45) is 5.11 Å². The Morgan fingerprint density at radius 2 is 2.24 bits per heavy atom. The van der Waals surface area contributed by atoms with Crippen LogP contribution in [0.4, 0.5) is 0 Å². The molecular formula is C12H17N3O2. The van der Waals surface area contributed by atoms with Crippen LogP contribution in [0.25, 0.3) is 10.4 Å². The molecule has 1 rings (SSSR count). The highest BCUT2D eigenvalue weighted by atomic mass is 16.5. The Balaban J connectivity index is 2.60. The molecule has 5 nitrogen and oxygen atoms in total. The first kappa shape index (κ1) is 13.4. The molecule has 0 saturated heterocycles. The lowest BCUT2D eigenvalue weighted by molar-refractivity contribution is 0.160. The van der Waals surface area contributed by atoms with Crippen LogP contribution in [-0.2, 0) is 0 Å². The lowest BCUT2D eigenvalue weighted by atomic mass is 10.0. The van der Waals surface area contributed by atoms with Crippen LogP contribution in [0.1, 0.15) is 31.4 Å². The SMILES string of the molecule is CCOc1ccccc1C(O)CCCN=[N+]=[N-]. The standard InChI is InChI=1S/C12H17N3O2/c1-2-17-12-8-4-3-6-10(12)11(16)7-5-9-14-15-13/h3-4,6,8,11,16H,2,5,7,9H2,1H3. The molecule has 0 heterocycles. The molecule has 1 aromatic carbocycles. The van der Waals surface area contributed by atoms with Gasteiger partial charge in [0.2, 0.25) is 0 Å². The summed E-state index contributed by atoms with van der Waals surface area (Å²) in [6.07, 6.45) is 0.640. The molecule has 0 amide bonds. The number of benzene rings is 1. The van der Waals surface area contributed by atoms with Gasteiger partial charge in [0.1, 0.15) is 5.75 Å². The topological polar surface area (TPSA) is 78.2 Å². The maximum atomic E-state index is 10.0. The molecule has 0 saturated carbocycles. The predicted octanol–water partition coefficient (Wildman–Crippen LogP) is 3.21. The van der Waals surface area contributed by atoms with E-state index in [1.807, 2.05) is 31.2 Å². The summed E-state index contributed by atoms with van der Waals surface area (Å²) in [6.45, 7) is 2.89. The molecule has 0 bridgehead atoms. The van der Waals surface area contributed by atoms with Gasteiger partial charge in [0.15, 0.2) is 0 Å². The Hall–Kier alpha value is -1.71. The molecule has 0 fully saturated rings. The average Bonchev–Trinajstić information content (AvgIpc) is 2.35. The second kappa shape index (κ2) is 7.54. The van der Waals surface area contributed by atoms with Crippen molar-refractivity contribution in [1.82, 2.24) is 0 Å². The zero-order valence-electron chi connectivity index (χ0n) is 9.91. The number of nitrogens with zero attached hydrogens (tertiary/aromatic N) is 3. The van der Waals surface area contributed by atoms with Crippen LogP contribution in [0.3, 0.4) is 0 Å². The summed E-state index contributed by atoms with van der Waals surface area (Å²) in [5.74, 6) is 0.714. The third-order valence-electron chi connectivity index (χ3n) is 2.38. The van der Waals surface area contributed by atoms with Crippen LogP contribution in [0.5, 0.6) is 5.75 Å². The normalized spacial score (nSPS) is 11.6. The summed E-state index contributed by atoms with van der Waals surface area (Å²) >= 11 is 0. The Kier molecular flexibility index (Phi) is 5.93. The molecule has 0 aliphatic heterocycles. The van der Waals surface area contributed by atoms with E-state index in [9.17, 15) is 5.11 Å². The first-order valence-corrected chi connectivity index (χ1v) is 5.70. The zero-order valence-corrected chi connectivity index (χ0v) is 9.91. The highest BCUT2D eigenvalue weighted by Crippen LogP contribution is 2.27. The van der Waals surface area contributed by atoms with Crippen molar-refractivity contribution >= 4 is 0 Å². The minimum atomic E-state index is -0.577. The molecule has 1 N–H and O–H groups in total. The second-order valence-corrected chi connectivity index (χ2v) is 3.58. The van der Waals surface area contributed by atoms with Crippen molar-refractivity contribution < 1.29 is 9.84 Å². The van der Waals surface area contributed by atoms with Gasteiger partial charge < -0.3 is 9.84 Å². The van der Waals surface area contributed by atoms with Crippen molar-refractivity contribution in [3.05, 3.63) is 40.3 Å². The summed E-state index contributed by atoms with van der Waals surface area (Å²) in [5.41, 5.74) is 8.93. The number of para-hydroxylation sites is 1. The summed E-state index contributed by atoms with van der Waals surface area (Å²) in [4.78, 5) is 2.67. The van der Waals surface area contributed by atoms with Crippen LogP contribution < -0.4 is 4.74 Å². The highest BCUT2D eigenvalue weighted by Gasteiger charge is 2.12. The summed E-state index contributed by atoms with van der Waals surface area (Å²) in [5, 5.41) is 13.4. The van der Waals surface area contributed by atoms with E-state index >= 15 is 0 Å². The largest absolute Gasteiger partial charge is 0.493 e. The fourth-order valence-corrected chi connectivity index (χ4v) is 1.60. The maximum absolute atomic E-state index is 10.0. The van der Waals surface area contributed by atoms with Gasteiger partial charge in [-0.1, -0.05) is 23.3 Å². The quantitative estimate of drug-likeness (QED) is 0.341. The van der Waals surface area contributed by atoms with Crippen LogP contribution in [0.15, 0.2) is 29.4 Å². The van der Waals surface area contributed by atoms with E-state index in [1.54, 1.807) is 0 Å². The van der Waals surface area contributed by atoms with Gasteiger partial charge in [-0.05, 0) is 31.4 Å². The number of aliphatic hydroxyl groups is 1. The van der Waals surface area contributed by atoms with Crippen LogP contribution in [0.2, 0.25) is 0 Å². The lowest BCUT2D eigenvalue weighted by Crippen LogP contribution is -2.03. The Morgan fingerprint density at radius 1 is 1.47 bits per heavy atom. The average molecular weight is 235 g/mol. The monoisotopic (exact) mass is 235 g/mol. The van der Waals surface area contributed by atoms with E-state index in [1.165, 1.54) is 0 Å². The predicted molar refractivity (Wildman–Crippen MR) is 65.8 cm³/mol. The third kappa shape index (κ3) is 4.34. The number of azide groups is 1. The van der Waals surface area contributed by atoms with Gasteiger partial charge in [0, 0.05) is 17.0 Å². The molecule has 1 unspecified atom stereocenters. The summed E-state index contributed by atoms with van der Waals surface area (Å²) < 4.78 is 5.44. The van der Waals surface area contributed by atoms with E-state index in [0.29, 0.717) is 31.7 Å². The number of hydrogen-bond donors (Lipinski definition) is 1. The number of rotatable bonds is 7. The molecule has 17 heavy (non-hydrogen) atoms. The van der Waals surface area contributed by atoms with Crippen molar-refractivity contribution in [3.63, 3.8) is 0 Å². The molecule has 92 valence electrons. The molecule has 1 atom stereocenters. The third-order valence-corrected chi connectivity index (χ3v) is 2.38. The fraction of sp³-hybridized carbons (Fsp3) is 0.500. The van der Waals surface area contributed by atoms with Crippen LogP contribution in [-0.4, -0.2) is 18.3 Å². The van der Waals surface area contributed by atoms with Gasteiger partial charge in [0.25, 0.3) is 0 Å². The van der Waals surface area contributed by atoms with Gasteiger partial charge in [-0.25, -0.2) is 0 Å². The smallest absolute Gasteiger partial charge is 0.125 e. The molecule has 0 aromatic heterocycles. The molecule has 0 aliphatic carbocycles. The van der Waals surface area contributed by atoms with Gasteiger partial charge >= 0.3 is 0 Å². The Bertz CT molecular complexity index is 389. The van der Waals surface area contributed by atoms with Gasteiger partial charge in [0.05, 0.1) is 12.7 Å². The van der Waals surface area contributed by atoms with Gasteiger partial charge in [-0.15, -0.1) is 0 Å². The first-order valence-electron chi connectivity index (χ1n) is 5.70. The van der Waals surface area contributed by atoms with Crippen molar-refractivity contribution in [2.75, 3.05) is 13.2 Å². The minimum Gasteiger partial charge on any atom is -0.493 e. The molecule has 0 radical (unpaired) electrons. The van der Waals surface area contributed by atoms with E-state index in [4.69, 9.17) is 10.3 Å². The zero-order chi connectivity index (χ0) is 12.5. The van der Waals surface area contributed by atoms with E-state index in [0.717, 1.165) is 5.56 Å². The van der Waals surface area contributed by atoms with Crippen molar-refractivity contribution in [2.45, 2.75) is 25.9 Å². The molecule has 0 spiro atoms. The number of hydrogen-bond acceptors (Lipinski definition) is 3. The number of aliphatic hydroxyl groups excluding tert-OH is 1. The van der Waals surface area contributed by atoms with E-state index in [2.05, 4.69) is 10.0 Å². The van der Waals surface area contributed by atoms with Crippen LogP contribution >= 0.6 is 0 Å². The molecule has 1 aromatic rings. The van der Waals surface area contributed by atoms with E-state index < -0.39 is 6.10 Å². The van der Waals surface area contributed by atoms with Crippen molar-refractivity contribution in [3.8, 4) is 5.75 Å². The lowest BCUT2D eigenvalue weighted by Gasteiger charge is -2.15. The minimum absolute atomic E-state index is 0.407. The number of ether oxygens (including phenoxy) is 1. The Labute approximate surface area is 101 Å². The fourth-order valence-electron chi connectivity index (χ4n) is 1.60. The first-order chi connectivity index (χ1) is 8.29. The summed E-state index contributed by atoms with van der Waals surface area (Å²) in [7, 11) is 0. The van der Waals surface area contributed by atoms with Crippen molar-refractivity contribution in [1.29, 1.82) is 0 Å². The summed E-state index contributed by atoms with van der Waals surface area (Å²) in [6, 6.07) is 7.44. The molecular weight excluding hydrogens is 218 g/mol. The van der Waals surface area contributed by atoms with E-state index in [-0.39, 0.29) is 0 Å².